The van der Waals surface area contributed by atoms with Gasteiger partial charge in [0.25, 0.3) is 0 Å². The largest absolute Gasteiger partial charge is 0.481 e. The van der Waals surface area contributed by atoms with E-state index in [2.05, 4.69) is 34.4 Å². The third-order valence-electron chi connectivity index (χ3n) is 7.26. The number of imidazole rings is 1. The number of ether oxygens (including phenoxy) is 1. The van der Waals surface area contributed by atoms with E-state index in [0.29, 0.717) is 5.75 Å². The van der Waals surface area contributed by atoms with E-state index in [0.717, 1.165) is 29.0 Å². The second-order valence-corrected chi connectivity index (χ2v) is 17.6. The Kier molecular flexibility index (Phi) is 16.4. The number of phosphoric acid groups is 3. The second-order valence-electron chi connectivity index (χ2n) is 12.2. The van der Waals surface area contributed by atoms with Gasteiger partial charge in [-0.1, -0.05) is 13.8 Å². The molecular weight excluding hydrogens is 827 g/mol. The van der Waals surface area contributed by atoms with E-state index in [1.165, 1.54) is 13.8 Å². The van der Waals surface area contributed by atoms with Gasteiger partial charge in [0.2, 0.25) is 11.8 Å². The number of nitrogen functional groups attached to an aromatic ring is 1. The molecule has 1 aliphatic heterocycles. The first-order valence-corrected chi connectivity index (χ1v) is 21.3. The molecular formula is C25H40N7O19P3S. The monoisotopic (exact) mass is 867 g/mol. The molecule has 1 fully saturated rings. The molecule has 7 atom stereocenters. The number of aliphatic hydroxyl groups is 2. The minimum absolute atomic E-state index is 0.0204. The Morgan fingerprint density at radius 1 is 1.05 bits per heavy atom. The molecule has 3 rings (SSSR count). The molecule has 1 saturated heterocycles. The summed E-state index contributed by atoms with van der Waals surface area (Å²) in [6.07, 6.45) is -7.65. The van der Waals surface area contributed by atoms with E-state index in [4.69, 9.17) is 24.6 Å². The highest BCUT2D eigenvalue weighted by Crippen LogP contribution is 2.61. The summed E-state index contributed by atoms with van der Waals surface area (Å²) in [6, 6.07) is 0. The number of Topliss-reactive ketones (excluding diaryl/α,β-unsaturated/α-hetero) is 1. The summed E-state index contributed by atoms with van der Waals surface area (Å²) in [7, 11) is -16.4. The number of hydrogen-bond acceptors (Lipinski definition) is 19. The maximum atomic E-state index is 12.6. The Morgan fingerprint density at radius 3 is 2.38 bits per heavy atom. The predicted octanol–water partition coefficient (Wildman–Crippen LogP) is -1.82. The Hall–Kier alpha value is -2.97. The molecule has 2 aromatic rings. The van der Waals surface area contributed by atoms with Crippen molar-refractivity contribution in [3.05, 3.63) is 12.7 Å². The minimum Gasteiger partial charge on any atom is -0.481 e. The van der Waals surface area contributed by atoms with Crippen LogP contribution in [-0.4, -0.2) is 140 Å². The molecule has 26 nitrogen and oxygen atoms in total. The van der Waals surface area contributed by atoms with Crippen LogP contribution >= 0.6 is 35.2 Å². The summed E-state index contributed by atoms with van der Waals surface area (Å²) < 4.78 is 61.9. The Balaban J connectivity index is 1.49. The van der Waals surface area contributed by atoms with Gasteiger partial charge >= 0.3 is 29.4 Å². The first kappa shape index (κ1) is 46.4. The van der Waals surface area contributed by atoms with Crippen LogP contribution in [0.15, 0.2) is 12.7 Å². The van der Waals surface area contributed by atoms with Gasteiger partial charge < -0.3 is 56.0 Å². The number of hydrogen-bond donors (Lipinski definition) is 10. The van der Waals surface area contributed by atoms with Crippen LogP contribution in [0.25, 0.3) is 11.2 Å². The number of carbonyl (C=O) groups excluding carboxylic acids is 3. The number of nitrogens with zero attached hydrogens (tertiary/aromatic N) is 4. The van der Waals surface area contributed by atoms with Gasteiger partial charge in [0.15, 0.2) is 23.5 Å². The van der Waals surface area contributed by atoms with Crippen LogP contribution in [0.5, 0.6) is 0 Å². The molecule has 1 aliphatic rings. The average molecular weight is 868 g/mol. The third-order valence-corrected chi connectivity index (χ3v) is 11.4. The van der Waals surface area contributed by atoms with Crippen LogP contribution in [0.4, 0.5) is 5.82 Å². The molecule has 0 saturated carbocycles. The first-order valence-electron chi connectivity index (χ1n) is 15.6. The van der Waals surface area contributed by atoms with Crippen LogP contribution in [-0.2, 0) is 55.5 Å². The Morgan fingerprint density at radius 2 is 1.73 bits per heavy atom. The van der Waals surface area contributed by atoms with Gasteiger partial charge in [-0.15, -0.1) is 0 Å². The van der Waals surface area contributed by atoms with Crippen LogP contribution in [0.3, 0.4) is 0 Å². The molecule has 0 aromatic carbocycles. The van der Waals surface area contributed by atoms with Crippen LogP contribution in [0, 0.1) is 5.41 Å². The SMILES string of the molecule is CC(C)(COP(=O)(O)OP(=O)(O)OC[C@H]1O[C@@H](n2cnc3c(N)ncnc32)[C@H](O)[C@@H]1OP(=O)(O)O)C(O)C(=O)NCCC(=O)NCCSCC(=O)CC(=O)O. The van der Waals surface area contributed by atoms with Crippen molar-refractivity contribution in [3.8, 4) is 0 Å². The second kappa shape index (κ2) is 19.5. The van der Waals surface area contributed by atoms with Gasteiger partial charge in [0.1, 0.15) is 42.7 Å². The summed E-state index contributed by atoms with van der Waals surface area (Å²) in [5.41, 5.74) is 4.20. The number of fused-ring (bicyclic) bond motifs is 1. The van der Waals surface area contributed by atoms with Crippen molar-refractivity contribution in [3.63, 3.8) is 0 Å². The number of rotatable bonds is 23. The maximum absolute atomic E-state index is 12.6. The smallest absolute Gasteiger partial charge is 0.481 e. The van der Waals surface area contributed by atoms with E-state index in [1.54, 1.807) is 0 Å². The van der Waals surface area contributed by atoms with Crippen LogP contribution < -0.4 is 16.4 Å². The van der Waals surface area contributed by atoms with E-state index in [1.807, 2.05) is 0 Å². The van der Waals surface area contributed by atoms with Crippen molar-refractivity contribution in [2.45, 2.75) is 57.3 Å². The summed E-state index contributed by atoms with van der Waals surface area (Å²) in [5.74, 6) is -2.99. The molecule has 30 heteroatoms. The number of carboxylic acid groups (broad SMARTS) is 1. The normalized spacial score (nSPS) is 21.7. The van der Waals surface area contributed by atoms with E-state index >= 15 is 0 Å². The van der Waals surface area contributed by atoms with Gasteiger partial charge in [-0.05, 0) is 0 Å². The highest BCUT2D eigenvalue weighted by Gasteiger charge is 2.50. The lowest BCUT2D eigenvalue weighted by Gasteiger charge is -2.30. The predicted molar refractivity (Wildman–Crippen MR) is 184 cm³/mol. The van der Waals surface area contributed by atoms with E-state index < -0.39 is 103 Å². The average Bonchev–Trinajstić information content (AvgIpc) is 3.62. The van der Waals surface area contributed by atoms with E-state index in [9.17, 15) is 62.7 Å². The summed E-state index contributed by atoms with van der Waals surface area (Å²) in [6.45, 7) is 0.309. The molecule has 11 N–H and O–H groups in total. The lowest BCUT2D eigenvalue weighted by atomic mass is 9.87. The maximum Gasteiger partial charge on any atom is 0.481 e. The fourth-order valence-corrected chi connectivity index (χ4v) is 8.16. The Bertz CT molecular complexity index is 1850. The number of nitrogens with two attached hydrogens (primary N) is 1. The molecule has 2 aromatic heterocycles. The molecule has 0 bridgehead atoms. The molecule has 55 heavy (non-hydrogen) atoms. The van der Waals surface area contributed by atoms with Gasteiger partial charge in [-0.2, -0.15) is 16.1 Å². The number of amides is 2. The summed E-state index contributed by atoms with van der Waals surface area (Å²) >= 11 is 1.12. The number of aliphatic hydroxyl groups excluding tert-OH is 2. The quantitative estimate of drug-likeness (QED) is 0.0334. The number of aliphatic carboxylic acids is 1. The van der Waals surface area contributed by atoms with Crippen molar-refractivity contribution in [2.75, 3.05) is 43.5 Å². The lowest BCUT2D eigenvalue weighted by Crippen LogP contribution is -2.46. The number of carbonyl (C=O) groups is 4. The number of carboxylic acids is 1. The highest BCUT2D eigenvalue weighted by atomic mass is 32.2. The lowest BCUT2D eigenvalue weighted by molar-refractivity contribution is -0.140. The number of phosphoric ester groups is 3. The third kappa shape index (κ3) is 14.5. The summed E-state index contributed by atoms with van der Waals surface area (Å²) in [5, 5.41) is 34.7. The zero-order valence-electron chi connectivity index (χ0n) is 28.8. The van der Waals surface area contributed by atoms with Gasteiger partial charge in [-0.3, -0.25) is 37.3 Å². The van der Waals surface area contributed by atoms with Crippen molar-refractivity contribution in [2.24, 2.45) is 5.41 Å². The van der Waals surface area contributed by atoms with Crippen molar-refractivity contribution >= 4 is 75.8 Å². The number of thioether (sulfide) groups is 1. The zero-order chi connectivity index (χ0) is 41.4. The fourth-order valence-electron chi connectivity index (χ4n) is 4.61. The standard InChI is InChI=1S/C25H40N7O19P3S/c1-25(2,20(38)23(39)28-4-3-15(34)27-5-6-55-9-13(33)7-16(35)36)10-48-54(45,46)51-53(43,44)47-8-14-19(50-52(40,41)42)18(37)24(49-14)32-12-31-17-21(26)29-11-30-22(17)32/h11-12,14,18-20,24,37-38H,3-10H2,1-2H3,(H,27,34)(H,28,39)(H,35,36)(H,43,44)(H,45,46)(H2,26,29,30)(H2,40,41,42)/t14-,18-,19-,20?,24-/m1/s1. The van der Waals surface area contributed by atoms with Crippen LogP contribution in [0.1, 0.15) is 32.9 Å². The molecule has 0 radical (unpaired) electrons. The van der Waals surface area contributed by atoms with Crippen molar-refractivity contribution in [1.29, 1.82) is 0 Å². The van der Waals surface area contributed by atoms with Gasteiger partial charge in [0, 0.05) is 30.7 Å². The number of nitrogens with one attached hydrogen (secondary N) is 2. The fraction of sp³-hybridized carbons (Fsp3) is 0.640. The molecule has 3 heterocycles. The zero-order valence-corrected chi connectivity index (χ0v) is 32.3. The first-order chi connectivity index (χ1) is 25.4. The highest BCUT2D eigenvalue weighted by molar-refractivity contribution is 7.99. The van der Waals surface area contributed by atoms with Gasteiger partial charge in [0.05, 0.1) is 25.3 Å². The van der Waals surface area contributed by atoms with Crippen LogP contribution in [0.2, 0.25) is 0 Å². The molecule has 310 valence electrons. The molecule has 0 aliphatic carbocycles. The summed E-state index contributed by atoms with van der Waals surface area (Å²) in [4.78, 5) is 97.1. The van der Waals surface area contributed by atoms with Crippen molar-refractivity contribution in [1.82, 2.24) is 30.2 Å². The number of aromatic nitrogens is 4. The molecule has 3 unspecified atom stereocenters. The minimum atomic E-state index is -5.58. The van der Waals surface area contributed by atoms with Gasteiger partial charge in [-0.25, -0.2) is 28.6 Å². The molecule has 2 amide bonds. The molecule has 0 spiro atoms. The Labute approximate surface area is 314 Å². The topological polar surface area (TPSA) is 401 Å². The van der Waals surface area contributed by atoms with E-state index in [-0.39, 0.29) is 42.2 Å². The van der Waals surface area contributed by atoms with Crippen molar-refractivity contribution < 1.29 is 90.4 Å². The number of anilines is 1. The number of ketones is 1.